The molecule has 0 atom stereocenters. The number of anilines is 1. The van der Waals surface area contributed by atoms with Gasteiger partial charge in [0.1, 0.15) is 5.75 Å². The SMILES string of the molecule is CCCCCCc1c(O)cc(C)cc1NC. The van der Waals surface area contributed by atoms with Crippen LogP contribution in [0.25, 0.3) is 0 Å². The number of rotatable bonds is 6. The molecule has 2 nitrogen and oxygen atoms in total. The van der Waals surface area contributed by atoms with E-state index in [0.717, 1.165) is 29.7 Å². The lowest BCUT2D eigenvalue weighted by molar-refractivity contribution is 0.466. The molecule has 0 amide bonds. The number of benzene rings is 1. The van der Waals surface area contributed by atoms with Crippen molar-refractivity contribution < 1.29 is 5.11 Å². The van der Waals surface area contributed by atoms with Crippen LogP contribution >= 0.6 is 0 Å². The van der Waals surface area contributed by atoms with Gasteiger partial charge in [0.05, 0.1) is 0 Å². The molecule has 90 valence electrons. The predicted molar refractivity (Wildman–Crippen MR) is 70.2 cm³/mol. The highest BCUT2D eigenvalue weighted by Gasteiger charge is 2.07. The molecule has 0 heterocycles. The van der Waals surface area contributed by atoms with E-state index in [0.29, 0.717) is 5.75 Å². The topological polar surface area (TPSA) is 32.3 Å². The lowest BCUT2D eigenvalue weighted by atomic mass is 10.0. The molecule has 0 fully saturated rings. The molecule has 1 aromatic rings. The van der Waals surface area contributed by atoms with Crippen molar-refractivity contribution in [3.05, 3.63) is 23.3 Å². The first-order valence-corrected chi connectivity index (χ1v) is 6.19. The average Bonchev–Trinajstić information content (AvgIpc) is 2.26. The van der Waals surface area contributed by atoms with Crippen molar-refractivity contribution >= 4 is 5.69 Å². The van der Waals surface area contributed by atoms with Crippen molar-refractivity contribution in [3.63, 3.8) is 0 Å². The molecule has 0 saturated carbocycles. The fourth-order valence-electron chi connectivity index (χ4n) is 2.01. The van der Waals surface area contributed by atoms with Gasteiger partial charge >= 0.3 is 0 Å². The van der Waals surface area contributed by atoms with Crippen LogP contribution < -0.4 is 5.32 Å². The van der Waals surface area contributed by atoms with Gasteiger partial charge in [-0.05, 0) is 37.5 Å². The first-order chi connectivity index (χ1) is 7.69. The van der Waals surface area contributed by atoms with Crippen LogP contribution in [0.1, 0.15) is 43.7 Å². The number of phenolic OH excluding ortho intramolecular Hbond substituents is 1. The van der Waals surface area contributed by atoms with E-state index in [4.69, 9.17) is 0 Å². The molecule has 0 aromatic heterocycles. The molecule has 0 bridgehead atoms. The minimum atomic E-state index is 0.431. The Morgan fingerprint density at radius 3 is 2.56 bits per heavy atom. The highest BCUT2D eigenvalue weighted by Crippen LogP contribution is 2.29. The molecule has 0 unspecified atom stereocenters. The van der Waals surface area contributed by atoms with Gasteiger partial charge in [-0.25, -0.2) is 0 Å². The number of hydrogen-bond donors (Lipinski definition) is 2. The summed E-state index contributed by atoms with van der Waals surface area (Å²) in [6.45, 7) is 4.21. The van der Waals surface area contributed by atoms with Gasteiger partial charge in [-0.3, -0.25) is 0 Å². The summed E-state index contributed by atoms with van der Waals surface area (Å²) in [4.78, 5) is 0. The van der Waals surface area contributed by atoms with Gasteiger partial charge in [0.25, 0.3) is 0 Å². The van der Waals surface area contributed by atoms with Gasteiger partial charge in [0.15, 0.2) is 0 Å². The predicted octanol–water partition coefficient (Wildman–Crippen LogP) is 3.87. The van der Waals surface area contributed by atoms with E-state index in [9.17, 15) is 5.11 Å². The summed E-state index contributed by atoms with van der Waals surface area (Å²) in [5, 5.41) is 13.1. The third-order valence-corrected chi connectivity index (χ3v) is 2.92. The van der Waals surface area contributed by atoms with Crippen LogP contribution in [-0.4, -0.2) is 12.2 Å². The summed E-state index contributed by atoms with van der Waals surface area (Å²) in [7, 11) is 1.91. The number of hydrogen-bond acceptors (Lipinski definition) is 2. The van der Waals surface area contributed by atoms with Crippen LogP contribution in [-0.2, 0) is 6.42 Å². The first-order valence-electron chi connectivity index (χ1n) is 6.19. The molecule has 2 N–H and O–H groups in total. The van der Waals surface area contributed by atoms with Crippen LogP contribution in [0.3, 0.4) is 0 Å². The molecule has 0 radical (unpaired) electrons. The third-order valence-electron chi connectivity index (χ3n) is 2.92. The van der Waals surface area contributed by atoms with Crippen molar-refractivity contribution in [2.24, 2.45) is 0 Å². The standard InChI is InChI=1S/C14H23NO/c1-4-5-6-7-8-12-13(15-3)9-11(2)10-14(12)16/h9-10,15-16H,4-8H2,1-3H3. The fourth-order valence-corrected chi connectivity index (χ4v) is 2.01. The maximum absolute atomic E-state index is 9.92. The van der Waals surface area contributed by atoms with Crippen LogP contribution in [0.2, 0.25) is 0 Å². The number of aromatic hydroxyl groups is 1. The number of nitrogens with one attached hydrogen (secondary N) is 1. The number of aryl methyl sites for hydroxylation is 1. The molecule has 16 heavy (non-hydrogen) atoms. The number of unbranched alkanes of at least 4 members (excludes halogenated alkanes) is 3. The molecule has 0 aliphatic carbocycles. The monoisotopic (exact) mass is 221 g/mol. The molecule has 1 rings (SSSR count). The Morgan fingerprint density at radius 1 is 1.19 bits per heavy atom. The largest absolute Gasteiger partial charge is 0.508 e. The minimum Gasteiger partial charge on any atom is -0.508 e. The number of phenols is 1. The van der Waals surface area contributed by atoms with Crippen molar-refractivity contribution in [2.45, 2.75) is 46.0 Å². The molecule has 2 heteroatoms. The second kappa shape index (κ2) is 6.41. The zero-order valence-electron chi connectivity index (χ0n) is 10.6. The van der Waals surface area contributed by atoms with Gasteiger partial charge in [-0.1, -0.05) is 26.2 Å². The van der Waals surface area contributed by atoms with Gasteiger partial charge < -0.3 is 10.4 Å². The Kier molecular flexibility index (Phi) is 5.17. The second-order valence-electron chi connectivity index (χ2n) is 4.37. The lowest BCUT2D eigenvalue weighted by Crippen LogP contribution is -1.97. The zero-order valence-corrected chi connectivity index (χ0v) is 10.6. The second-order valence-corrected chi connectivity index (χ2v) is 4.37. The zero-order chi connectivity index (χ0) is 12.0. The summed E-state index contributed by atoms with van der Waals surface area (Å²) in [5.74, 6) is 0.431. The van der Waals surface area contributed by atoms with Crippen LogP contribution in [0.5, 0.6) is 5.75 Å². The van der Waals surface area contributed by atoms with E-state index < -0.39 is 0 Å². The minimum absolute atomic E-state index is 0.431. The van der Waals surface area contributed by atoms with Gasteiger partial charge in [-0.2, -0.15) is 0 Å². The van der Waals surface area contributed by atoms with E-state index >= 15 is 0 Å². The summed E-state index contributed by atoms with van der Waals surface area (Å²) < 4.78 is 0. The highest BCUT2D eigenvalue weighted by atomic mass is 16.3. The Bertz CT molecular complexity index is 334. The van der Waals surface area contributed by atoms with E-state index in [1.54, 1.807) is 0 Å². The normalized spacial score (nSPS) is 10.4. The highest BCUT2D eigenvalue weighted by molar-refractivity contribution is 5.58. The van der Waals surface area contributed by atoms with Gasteiger partial charge in [-0.15, -0.1) is 0 Å². The Morgan fingerprint density at radius 2 is 1.94 bits per heavy atom. The van der Waals surface area contributed by atoms with E-state index in [-0.39, 0.29) is 0 Å². The molecule has 0 spiro atoms. The van der Waals surface area contributed by atoms with Crippen molar-refractivity contribution in [2.75, 3.05) is 12.4 Å². The Labute approximate surface area is 98.7 Å². The van der Waals surface area contributed by atoms with Crippen molar-refractivity contribution in [1.29, 1.82) is 0 Å². The summed E-state index contributed by atoms with van der Waals surface area (Å²) >= 11 is 0. The summed E-state index contributed by atoms with van der Waals surface area (Å²) in [5.41, 5.74) is 3.22. The quantitative estimate of drug-likeness (QED) is 0.715. The molecule has 0 aliphatic rings. The molecule has 0 aliphatic heterocycles. The van der Waals surface area contributed by atoms with E-state index in [1.165, 1.54) is 19.3 Å². The van der Waals surface area contributed by atoms with E-state index in [1.807, 2.05) is 20.0 Å². The summed E-state index contributed by atoms with van der Waals surface area (Å²) in [6, 6.07) is 3.94. The molecule has 1 aromatic carbocycles. The third kappa shape index (κ3) is 3.44. The Hall–Kier alpha value is -1.18. The van der Waals surface area contributed by atoms with Crippen LogP contribution in [0.4, 0.5) is 5.69 Å². The van der Waals surface area contributed by atoms with E-state index in [2.05, 4.69) is 18.3 Å². The van der Waals surface area contributed by atoms with Gasteiger partial charge in [0, 0.05) is 18.3 Å². The van der Waals surface area contributed by atoms with Crippen LogP contribution in [0, 0.1) is 6.92 Å². The average molecular weight is 221 g/mol. The molecular formula is C14H23NO. The molecular weight excluding hydrogens is 198 g/mol. The summed E-state index contributed by atoms with van der Waals surface area (Å²) in [6.07, 6.45) is 5.88. The lowest BCUT2D eigenvalue weighted by Gasteiger charge is -2.12. The van der Waals surface area contributed by atoms with Crippen molar-refractivity contribution in [1.82, 2.24) is 0 Å². The molecule has 0 saturated heterocycles. The maximum Gasteiger partial charge on any atom is 0.121 e. The van der Waals surface area contributed by atoms with Crippen molar-refractivity contribution in [3.8, 4) is 5.75 Å². The van der Waals surface area contributed by atoms with Crippen LogP contribution in [0.15, 0.2) is 12.1 Å². The smallest absolute Gasteiger partial charge is 0.121 e. The van der Waals surface area contributed by atoms with Gasteiger partial charge in [0.2, 0.25) is 0 Å². The maximum atomic E-state index is 9.92. The first kappa shape index (κ1) is 12.9. The fraction of sp³-hybridized carbons (Fsp3) is 0.571. The Balaban J connectivity index is 2.70.